The van der Waals surface area contributed by atoms with Crippen molar-refractivity contribution in [3.63, 3.8) is 0 Å². The molecule has 8 nitrogen and oxygen atoms in total. The number of aromatic nitrogens is 5. The predicted molar refractivity (Wildman–Crippen MR) is 133 cm³/mol. The largest absolute Gasteiger partial charge is 0.382 e. The number of imidazole rings is 1. The molecule has 3 heterocycles. The van der Waals surface area contributed by atoms with Gasteiger partial charge in [0.25, 0.3) is 5.91 Å². The number of hydrogen-bond acceptors (Lipinski definition) is 5. The quantitative estimate of drug-likeness (QED) is 0.385. The lowest BCUT2D eigenvalue weighted by atomic mass is 10.0. The number of carbonyl (C=O) groups is 1. The minimum atomic E-state index is -0.234. The summed E-state index contributed by atoms with van der Waals surface area (Å²) in [5.74, 6) is 0.661. The Balaban J connectivity index is 1.39. The summed E-state index contributed by atoms with van der Waals surface area (Å²) in [6.45, 7) is 4.49. The highest BCUT2D eigenvalue weighted by Gasteiger charge is 2.16. The van der Waals surface area contributed by atoms with E-state index >= 15 is 0 Å². The van der Waals surface area contributed by atoms with Crippen LogP contribution in [0, 0.1) is 13.8 Å². The Morgan fingerprint density at radius 3 is 2.65 bits per heavy atom. The van der Waals surface area contributed by atoms with Crippen LogP contribution in [-0.4, -0.2) is 30.1 Å². The van der Waals surface area contributed by atoms with Gasteiger partial charge in [-0.25, -0.2) is 14.5 Å². The topological polar surface area (TPSA) is 103 Å². The van der Waals surface area contributed by atoms with Crippen molar-refractivity contribution in [1.29, 1.82) is 0 Å². The highest BCUT2D eigenvalue weighted by atomic mass is 35.5. The number of halogens is 1. The first-order valence-electron chi connectivity index (χ1n) is 10.7. The van der Waals surface area contributed by atoms with E-state index in [1.54, 1.807) is 17.0 Å². The van der Waals surface area contributed by atoms with Crippen LogP contribution in [0.4, 0.5) is 11.6 Å². The molecule has 0 saturated heterocycles. The van der Waals surface area contributed by atoms with Crippen molar-refractivity contribution in [2.45, 2.75) is 20.4 Å². The molecule has 0 radical (unpaired) electrons. The Hall–Kier alpha value is -4.17. The molecule has 0 fully saturated rings. The molecule has 9 heteroatoms. The summed E-state index contributed by atoms with van der Waals surface area (Å²) in [5.41, 5.74) is 11.9. The standard InChI is InChI=1S/C25H22ClN7O/c1-15-3-6-18(21-9-16(2)23-24(27)28-13-30-33(21)23)10-20(15)25(34)31-22-12-32(14-29-22)11-17-4-7-19(26)8-5-17/h3-10,12-14H,11H2,1-2H3,(H,31,34)(H2,27,28,30). The Labute approximate surface area is 201 Å². The monoisotopic (exact) mass is 471 g/mol. The van der Waals surface area contributed by atoms with E-state index in [1.807, 2.05) is 66.9 Å². The van der Waals surface area contributed by atoms with Crippen molar-refractivity contribution >= 4 is 34.7 Å². The zero-order chi connectivity index (χ0) is 23.8. The van der Waals surface area contributed by atoms with Gasteiger partial charge >= 0.3 is 0 Å². The summed E-state index contributed by atoms with van der Waals surface area (Å²) in [4.78, 5) is 21.5. The zero-order valence-electron chi connectivity index (χ0n) is 18.7. The fourth-order valence-electron chi connectivity index (χ4n) is 3.98. The van der Waals surface area contributed by atoms with Gasteiger partial charge in [0, 0.05) is 28.9 Å². The fraction of sp³-hybridized carbons (Fsp3) is 0.120. The maximum atomic E-state index is 13.1. The highest BCUT2D eigenvalue weighted by Crippen LogP contribution is 2.28. The van der Waals surface area contributed by atoms with Crippen LogP contribution in [0.25, 0.3) is 16.8 Å². The number of benzene rings is 2. The van der Waals surface area contributed by atoms with Crippen molar-refractivity contribution in [3.05, 3.63) is 94.7 Å². The number of hydrogen-bond donors (Lipinski definition) is 2. The molecule has 5 aromatic rings. The van der Waals surface area contributed by atoms with E-state index in [0.717, 1.165) is 33.5 Å². The average Bonchev–Trinajstić information content (AvgIpc) is 3.40. The minimum Gasteiger partial charge on any atom is -0.382 e. The van der Waals surface area contributed by atoms with Crippen LogP contribution in [-0.2, 0) is 6.54 Å². The van der Waals surface area contributed by atoms with E-state index in [4.69, 9.17) is 17.3 Å². The van der Waals surface area contributed by atoms with Gasteiger partial charge in [0.15, 0.2) is 11.6 Å². The van der Waals surface area contributed by atoms with E-state index in [2.05, 4.69) is 20.4 Å². The molecule has 3 N–H and O–H groups in total. The van der Waals surface area contributed by atoms with Crippen LogP contribution in [0.3, 0.4) is 0 Å². The van der Waals surface area contributed by atoms with E-state index in [1.165, 1.54) is 6.33 Å². The Kier molecular flexibility index (Phi) is 5.51. The summed E-state index contributed by atoms with van der Waals surface area (Å²) in [7, 11) is 0. The second-order valence-electron chi connectivity index (χ2n) is 8.16. The van der Waals surface area contributed by atoms with E-state index in [9.17, 15) is 4.79 Å². The number of anilines is 2. The highest BCUT2D eigenvalue weighted by molar-refractivity contribution is 6.30. The lowest BCUT2D eigenvalue weighted by Crippen LogP contribution is -2.14. The van der Waals surface area contributed by atoms with E-state index < -0.39 is 0 Å². The third-order valence-electron chi connectivity index (χ3n) is 5.70. The number of nitrogens with zero attached hydrogens (tertiary/aromatic N) is 5. The molecule has 2 aromatic carbocycles. The summed E-state index contributed by atoms with van der Waals surface area (Å²) >= 11 is 5.95. The van der Waals surface area contributed by atoms with Crippen LogP contribution in [0.5, 0.6) is 0 Å². The molecule has 3 aromatic heterocycles. The number of amides is 1. The predicted octanol–water partition coefficient (Wildman–Crippen LogP) is 4.75. The molecule has 0 unspecified atom stereocenters. The number of nitrogens with one attached hydrogen (secondary N) is 1. The van der Waals surface area contributed by atoms with E-state index in [0.29, 0.717) is 28.8 Å². The second-order valence-corrected chi connectivity index (χ2v) is 8.60. The second kappa shape index (κ2) is 8.64. The molecular weight excluding hydrogens is 450 g/mol. The van der Waals surface area contributed by atoms with Crippen molar-refractivity contribution < 1.29 is 4.79 Å². The van der Waals surface area contributed by atoms with Crippen molar-refractivity contribution in [1.82, 2.24) is 24.1 Å². The van der Waals surface area contributed by atoms with Gasteiger partial charge in [0.2, 0.25) is 0 Å². The van der Waals surface area contributed by atoms with E-state index in [-0.39, 0.29) is 5.91 Å². The molecular formula is C25H22ClN7O. The van der Waals surface area contributed by atoms with Gasteiger partial charge in [0.1, 0.15) is 11.8 Å². The van der Waals surface area contributed by atoms with Crippen LogP contribution in [0.1, 0.15) is 27.0 Å². The number of fused-ring (bicyclic) bond motifs is 1. The zero-order valence-corrected chi connectivity index (χ0v) is 19.4. The van der Waals surface area contributed by atoms with Gasteiger partial charge in [-0.15, -0.1) is 0 Å². The Bertz CT molecular complexity index is 1520. The molecule has 0 bridgehead atoms. The summed E-state index contributed by atoms with van der Waals surface area (Å²) in [6.07, 6.45) is 4.91. The first-order valence-corrected chi connectivity index (χ1v) is 11.0. The molecule has 34 heavy (non-hydrogen) atoms. The van der Waals surface area contributed by atoms with Gasteiger partial charge < -0.3 is 15.6 Å². The third kappa shape index (κ3) is 4.11. The number of carbonyl (C=O) groups excluding carboxylic acids is 1. The number of nitrogens with two attached hydrogens (primary N) is 1. The maximum Gasteiger partial charge on any atom is 0.257 e. The molecule has 0 atom stereocenters. The number of nitrogen functional groups attached to an aromatic ring is 1. The number of rotatable bonds is 5. The van der Waals surface area contributed by atoms with Crippen LogP contribution < -0.4 is 11.1 Å². The van der Waals surface area contributed by atoms with Gasteiger partial charge in [0.05, 0.1) is 12.0 Å². The van der Waals surface area contributed by atoms with Gasteiger partial charge in [-0.3, -0.25) is 4.79 Å². The molecule has 0 aliphatic heterocycles. The fourth-order valence-corrected chi connectivity index (χ4v) is 4.11. The third-order valence-corrected chi connectivity index (χ3v) is 5.96. The molecule has 0 saturated carbocycles. The first-order chi connectivity index (χ1) is 16.4. The van der Waals surface area contributed by atoms with Crippen LogP contribution in [0.15, 0.2) is 67.4 Å². The summed E-state index contributed by atoms with van der Waals surface area (Å²) in [6, 6.07) is 15.3. The molecule has 0 spiro atoms. The molecule has 0 aliphatic rings. The average molecular weight is 472 g/mol. The normalized spacial score (nSPS) is 11.1. The van der Waals surface area contributed by atoms with Gasteiger partial charge in [-0.05, 0) is 54.8 Å². The minimum absolute atomic E-state index is 0.234. The maximum absolute atomic E-state index is 13.1. The summed E-state index contributed by atoms with van der Waals surface area (Å²) < 4.78 is 3.66. The van der Waals surface area contributed by atoms with Gasteiger partial charge in [-0.1, -0.05) is 35.9 Å². The first kappa shape index (κ1) is 21.7. The van der Waals surface area contributed by atoms with Crippen molar-refractivity contribution in [2.75, 3.05) is 11.1 Å². The SMILES string of the molecule is Cc1ccc(-c2cc(C)c3c(N)ncnn23)cc1C(=O)Nc1cn(Cc2ccc(Cl)cc2)cn1. The number of aryl methyl sites for hydroxylation is 2. The Morgan fingerprint density at radius 2 is 1.85 bits per heavy atom. The van der Waals surface area contributed by atoms with Crippen molar-refractivity contribution in [3.8, 4) is 11.3 Å². The van der Waals surface area contributed by atoms with Crippen LogP contribution >= 0.6 is 11.6 Å². The van der Waals surface area contributed by atoms with Crippen LogP contribution in [0.2, 0.25) is 5.02 Å². The molecule has 170 valence electrons. The molecule has 5 rings (SSSR count). The molecule has 1 amide bonds. The lowest BCUT2D eigenvalue weighted by molar-refractivity contribution is 0.102. The van der Waals surface area contributed by atoms with Crippen molar-refractivity contribution in [2.24, 2.45) is 0 Å². The molecule has 0 aliphatic carbocycles. The lowest BCUT2D eigenvalue weighted by Gasteiger charge is -2.09. The summed E-state index contributed by atoms with van der Waals surface area (Å²) in [5, 5.41) is 7.94. The Morgan fingerprint density at radius 1 is 1.06 bits per heavy atom. The smallest absolute Gasteiger partial charge is 0.257 e. The van der Waals surface area contributed by atoms with Gasteiger partial charge in [-0.2, -0.15) is 5.10 Å².